The number of amides is 1. The molecule has 0 unspecified atom stereocenters. The number of hydrogen-bond donors (Lipinski definition) is 2. The highest BCUT2D eigenvalue weighted by Crippen LogP contribution is 2.27. The second-order valence-corrected chi connectivity index (χ2v) is 4.39. The molecule has 0 saturated heterocycles. The van der Waals surface area contributed by atoms with Crippen molar-refractivity contribution in [2.24, 2.45) is 5.73 Å². The van der Waals surface area contributed by atoms with Crippen LogP contribution in [0.1, 0.15) is 15.9 Å². The first-order valence-corrected chi connectivity index (χ1v) is 5.97. The molecule has 5 nitrogen and oxygen atoms in total. The van der Waals surface area contributed by atoms with Crippen molar-refractivity contribution in [2.45, 2.75) is 0 Å². The van der Waals surface area contributed by atoms with E-state index < -0.39 is 5.91 Å². The van der Waals surface area contributed by atoms with E-state index in [1.165, 1.54) is 0 Å². The third-order valence-corrected chi connectivity index (χ3v) is 3.13. The van der Waals surface area contributed by atoms with Gasteiger partial charge in [-0.2, -0.15) is 10.4 Å². The number of fused-ring (bicyclic) bond motifs is 1. The van der Waals surface area contributed by atoms with Crippen molar-refractivity contribution in [3.63, 3.8) is 0 Å². The van der Waals surface area contributed by atoms with Crippen LogP contribution in [0, 0.1) is 11.3 Å². The van der Waals surface area contributed by atoms with Crippen LogP contribution in [0.25, 0.3) is 22.2 Å². The number of nitrogens with two attached hydrogens (primary N) is 1. The molecule has 1 amide bonds. The van der Waals surface area contributed by atoms with E-state index in [4.69, 9.17) is 11.0 Å². The zero-order valence-electron chi connectivity index (χ0n) is 10.4. The van der Waals surface area contributed by atoms with Crippen LogP contribution in [0.15, 0.2) is 42.5 Å². The topological polar surface area (TPSA) is 95.6 Å². The standard InChI is InChI=1S/C15H10N4O/c16-8-9-1-3-10(4-2-9)14-12-7-11(15(17)20)5-6-13(12)18-19-14/h1-7H,(H2,17,20)(H,18,19). The van der Waals surface area contributed by atoms with Crippen LogP contribution in [0.3, 0.4) is 0 Å². The van der Waals surface area contributed by atoms with E-state index in [1.807, 2.05) is 12.1 Å². The lowest BCUT2D eigenvalue weighted by atomic mass is 10.0. The molecule has 1 aromatic heterocycles. The summed E-state index contributed by atoms with van der Waals surface area (Å²) in [5.74, 6) is -0.473. The van der Waals surface area contributed by atoms with Crippen LogP contribution in [-0.4, -0.2) is 16.1 Å². The molecule has 96 valence electrons. The number of aromatic amines is 1. The first-order chi connectivity index (χ1) is 9.69. The molecule has 1 heterocycles. The van der Waals surface area contributed by atoms with Crippen LogP contribution < -0.4 is 5.73 Å². The summed E-state index contributed by atoms with van der Waals surface area (Å²) < 4.78 is 0. The molecule has 0 saturated carbocycles. The molecule has 0 aliphatic heterocycles. The van der Waals surface area contributed by atoms with Crippen molar-refractivity contribution in [3.05, 3.63) is 53.6 Å². The van der Waals surface area contributed by atoms with Crippen LogP contribution in [0.4, 0.5) is 0 Å². The summed E-state index contributed by atoms with van der Waals surface area (Å²) in [6, 6.07) is 14.3. The predicted molar refractivity (Wildman–Crippen MR) is 74.8 cm³/mol. The number of rotatable bonds is 2. The lowest BCUT2D eigenvalue weighted by molar-refractivity contribution is 0.100. The molecular formula is C15H10N4O. The number of benzene rings is 2. The van der Waals surface area contributed by atoms with Crippen molar-refractivity contribution in [3.8, 4) is 17.3 Å². The zero-order valence-corrected chi connectivity index (χ0v) is 10.4. The maximum Gasteiger partial charge on any atom is 0.248 e. The number of nitrogens with one attached hydrogen (secondary N) is 1. The molecule has 3 aromatic rings. The summed E-state index contributed by atoms with van der Waals surface area (Å²) in [5, 5.41) is 16.8. The normalized spacial score (nSPS) is 10.3. The Morgan fingerprint density at radius 2 is 1.95 bits per heavy atom. The van der Waals surface area contributed by atoms with E-state index >= 15 is 0 Å². The van der Waals surface area contributed by atoms with Crippen LogP contribution >= 0.6 is 0 Å². The number of primary amides is 1. The molecule has 3 N–H and O–H groups in total. The summed E-state index contributed by atoms with van der Waals surface area (Å²) >= 11 is 0. The van der Waals surface area contributed by atoms with Gasteiger partial charge in [0, 0.05) is 16.5 Å². The first-order valence-electron chi connectivity index (χ1n) is 5.97. The largest absolute Gasteiger partial charge is 0.366 e. The molecule has 0 aliphatic rings. The van der Waals surface area contributed by atoms with E-state index in [9.17, 15) is 4.79 Å². The van der Waals surface area contributed by atoms with Gasteiger partial charge in [-0.05, 0) is 30.3 Å². The number of nitrogens with zero attached hydrogens (tertiary/aromatic N) is 2. The van der Waals surface area contributed by atoms with Gasteiger partial charge in [-0.25, -0.2) is 0 Å². The van der Waals surface area contributed by atoms with Gasteiger partial charge >= 0.3 is 0 Å². The lowest BCUT2D eigenvalue weighted by Crippen LogP contribution is -2.10. The third-order valence-electron chi connectivity index (χ3n) is 3.13. The van der Waals surface area contributed by atoms with Crippen LogP contribution in [0.2, 0.25) is 0 Å². The van der Waals surface area contributed by atoms with Crippen molar-refractivity contribution in [2.75, 3.05) is 0 Å². The Hall–Kier alpha value is -3.13. The number of carbonyl (C=O) groups is 1. The van der Waals surface area contributed by atoms with Crippen molar-refractivity contribution in [1.82, 2.24) is 10.2 Å². The van der Waals surface area contributed by atoms with Crippen molar-refractivity contribution in [1.29, 1.82) is 5.26 Å². The minimum Gasteiger partial charge on any atom is -0.366 e. The highest BCUT2D eigenvalue weighted by Gasteiger charge is 2.10. The smallest absolute Gasteiger partial charge is 0.248 e. The van der Waals surface area contributed by atoms with Gasteiger partial charge in [-0.1, -0.05) is 12.1 Å². The van der Waals surface area contributed by atoms with Gasteiger partial charge in [0.25, 0.3) is 0 Å². The van der Waals surface area contributed by atoms with Crippen LogP contribution in [-0.2, 0) is 0 Å². The third kappa shape index (κ3) is 1.89. The first kappa shape index (κ1) is 11.9. The van der Waals surface area contributed by atoms with Gasteiger partial charge < -0.3 is 5.73 Å². The fraction of sp³-hybridized carbons (Fsp3) is 0. The fourth-order valence-electron chi connectivity index (χ4n) is 2.09. The van der Waals surface area contributed by atoms with Crippen molar-refractivity contribution < 1.29 is 4.79 Å². The number of aromatic nitrogens is 2. The summed E-state index contributed by atoms with van der Waals surface area (Å²) in [7, 11) is 0. The van der Waals surface area contributed by atoms with Gasteiger partial charge in [-0.15, -0.1) is 0 Å². The Morgan fingerprint density at radius 1 is 1.20 bits per heavy atom. The molecule has 0 spiro atoms. The predicted octanol–water partition coefficient (Wildman–Crippen LogP) is 2.20. The van der Waals surface area contributed by atoms with E-state index in [2.05, 4.69) is 16.3 Å². The average Bonchev–Trinajstić information content (AvgIpc) is 2.90. The lowest BCUT2D eigenvalue weighted by Gasteiger charge is -1.99. The van der Waals surface area contributed by atoms with Gasteiger partial charge in [0.15, 0.2) is 0 Å². The summed E-state index contributed by atoms with van der Waals surface area (Å²) in [5.41, 5.74) is 8.75. The number of hydrogen-bond acceptors (Lipinski definition) is 3. The van der Waals surface area contributed by atoms with E-state index in [0.717, 1.165) is 22.2 Å². The van der Waals surface area contributed by atoms with Gasteiger partial charge in [0.05, 0.1) is 22.8 Å². The van der Waals surface area contributed by atoms with E-state index in [-0.39, 0.29) is 0 Å². The molecular weight excluding hydrogens is 252 g/mol. The van der Waals surface area contributed by atoms with E-state index in [0.29, 0.717) is 11.1 Å². The highest BCUT2D eigenvalue weighted by molar-refractivity contribution is 6.00. The molecule has 20 heavy (non-hydrogen) atoms. The summed E-state index contributed by atoms with van der Waals surface area (Å²) in [4.78, 5) is 11.3. The second-order valence-electron chi connectivity index (χ2n) is 4.39. The highest BCUT2D eigenvalue weighted by atomic mass is 16.1. The van der Waals surface area contributed by atoms with E-state index in [1.54, 1.807) is 30.3 Å². The van der Waals surface area contributed by atoms with Gasteiger partial charge in [0.2, 0.25) is 5.91 Å². The maximum absolute atomic E-state index is 11.3. The molecule has 5 heteroatoms. The molecule has 0 atom stereocenters. The Labute approximate surface area is 114 Å². The van der Waals surface area contributed by atoms with Gasteiger partial charge in [-0.3, -0.25) is 9.89 Å². The molecule has 0 radical (unpaired) electrons. The number of carbonyl (C=O) groups excluding carboxylic acids is 1. The molecule has 3 rings (SSSR count). The van der Waals surface area contributed by atoms with Gasteiger partial charge in [0.1, 0.15) is 0 Å². The Bertz CT molecular complexity index is 840. The molecule has 2 aromatic carbocycles. The average molecular weight is 262 g/mol. The monoisotopic (exact) mass is 262 g/mol. The fourth-order valence-corrected chi connectivity index (χ4v) is 2.09. The summed E-state index contributed by atoms with van der Waals surface area (Å²) in [6.45, 7) is 0. The van der Waals surface area contributed by atoms with Crippen molar-refractivity contribution >= 4 is 16.8 Å². The number of nitriles is 1. The maximum atomic E-state index is 11.3. The molecule has 0 aliphatic carbocycles. The molecule has 0 fully saturated rings. The summed E-state index contributed by atoms with van der Waals surface area (Å²) in [6.07, 6.45) is 0. The second kappa shape index (κ2) is 4.52. The Balaban J connectivity index is 2.17. The zero-order chi connectivity index (χ0) is 14.1. The Kier molecular flexibility index (Phi) is 2.70. The Morgan fingerprint density at radius 3 is 2.60 bits per heavy atom. The minimum atomic E-state index is -0.473. The molecule has 0 bridgehead atoms. The minimum absolute atomic E-state index is 0.439. The van der Waals surface area contributed by atoms with Crippen LogP contribution in [0.5, 0.6) is 0 Å². The SMILES string of the molecule is N#Cc1ccc(-c2n[nH]c3ccc(C(N)=O)cc23)cc1. The number of H-pyrrole nitrogens is 1. The quantitative estimate of drug-likeness (QED) is 0.741.